The molecule has 0 spiro atoms. The van der Waals surface area contributed by atoms with Gasteiger partial charge in [0, 0.05) is 11.6 Å². The molecule has 0 heterocycles. The first-order chi connectivity index (χ1) is 7.54. The standard InChI is InChI=1S/C13H18FNO/c1-4-15(10(2)3)9-13(16)11-6-5-7-12(14)8-11/h5-8,10H,4,9H2,1-3H3. The smallest absolute Gasteiger partial charge is 0.176 e. The highest BCUT2D eigenvalue weighted by atomic mass is 19.1. The number of hydrogen-bond acceptors (Lipinski definition) is 2. The number of benzene rings is 1. The van der Waals surface area contributed by atoms with Crippen LogP contribution in [0.2, 0.25) is 0 Å². The van der Waals surface area contributed by atoms with E-state index in [0.29, 0.717) is 18.2 Å². The van der Waals surface area contributed by atoms with Crippen LogP contribution >= 0.6 is 0 Å². The molecule has 0 saturated heterocycles. The number of carbonyl (C=O) groups excluding carboxylic acids is 1. The molecule has 0 unspecified atom stereocenters. The van der Waals surface area contributed by atoms with E-state index in [2.05, 4.69) is 0 Å². The molecule has 0 N–H and O–H groups in total. The topological polar surface area (TPSA) is 20.3 Å². The van der Waals surface area contributed by atoms with Gasteiger partial charge in [0.2, 0.25) is 0 Å². The van der Waals surface area contributed by atoms with Crippen molar-refractivity contribution in [1.29, 1.82) is 0 Å². The first-order valence-corrected chi connectivity index (χ1v) is 5.57. The zero-order valence-electron chi connectivity index (χ0n) is 10.0. The molecule has 0 fully saturated rings. The van der Waals surface area contributed by atoms with Gasteiger partial charge in [0.15, 0.2) is 5.78 Å². The molecule has 0 aromatic heterocycles. The number of halogens is 1. The van der Waals surface area contributed by atoms with E-state index in [1.54, 1.807) is 12.1 Å². The Hall–Kier alpha value is -1.22. The lowest BCUT2D eigenvalue weighted by Gasteiger charge is -2.23. The van der Waals surface area contributed by atoms with Crippen molar-refractivity contribution >= 4 is 5.78 Å². The third-order valence-corrected chi connectivity index (χ3v) is 2.63. The number of hydrogen-bond donors (Lipinski definition) is 0. The van der Waals surface area contributed by atoms with Gasteiger partial charge in [-0.3, -0.25) is 9.69 Å². The van der Waals surface area contributed by atoms with Crippen LogP contribution in [0.3, 0.4) is 0 Å². The molecule has 16 heavy (non-hydrogen) atoms. The minimum absolute atomic E-state index is 0.0324. The van der Waals surface area contributed by atoms with Crippen LogP contribution in [-0.2, 0) is 0 Å². The summed E-state index contributed by atoms with van der Waals surface area (Å²) in [4.78, 5) is 13.9. The molecule has 1 rings (SSSR count). The van der Waals surface area contributed by atoms with Crippen LogP contribution in [0.15, 0.2) is 24.3 Å². The van der Waals surface area contributed by atoms with E-state index in [-0.39, 0.29) is 11.6 Å². The van der Waals surface area contributed by atoms with Gasteiger partial charge in [0.25, 0.3) is 0 Å². The molecule has 1 aromatic rings. The Morgan fingerprint density at radius 3 is 2.62 bits per heavy atom. The van der Waals surface area contributed by atoms with Crippen LogP contribution in [0.5, 0.6) is 0 Å². The Morgan fingerprint density at radius 1 is 1.44 bits per heavy atom. The van der Waals surface area contributed by atoms with Crippen molar-refractivity contribution in [2.75, 3.05) is 13.1 Å². The summed E-state index contributed by atoms with van der Waals surface area (Å²) in [6.45, 7) is 7.26. The van der Waals surface area contributed by atoms with E-state index in [9.17, 15) is 9.18 Å². The molecule has 0 saturated carbocycles. The fraction of sp³-hybridized carbons (Fsp3) is 0.462. The van der Waals surface area contributed by atoms with Crippen LogP contribution in [-0.4, -0.2) is 29.8 Å². The fourth-order valence-corrected chi connectivity index (χ4v) is 1.60. The molecule has 88 valence electrons. The number of ketones is 1. The molecule has 0 radical (unpaired) electrons. The van der Waals surface area contributed by atoms with Gasteiger partial charge >= 0.3 is 0 Å². The van der Waals surface area contributed by atoms with Crippen molar-refractivity contribution in [2.24, 2.45) is 0 Å². The van der Waals surface area contributed by atoms with Gasteiger partial charge in [-0.05, 0) is 32.5 Å². The van der Waals surface area contributed by atoms with Crippen LogP contribution in [0, 0.1) is 5.82 Å². The monoisotopic (exact) mass is 223 g/mol. The largest absolute Gasteiger partial charge is 0.294 e. The second-order valence-corrected chi connectivity index (χ2v) is 4.09. The van der Waals surface area contributed by atoms with E-state index in [1.807, 2.05) is 25.7 Å². The molecule has 0 aliphatic carbocycles. The van der Waals surface area contributed by atoms with E-state index in [4.69, 9.17) is 0 Å². The normalized spacial score (nSPS) is 11.1. The van der Waals surface area contributed by atoms with Crippen molar-refractivity contribution in [2.45, 2.75) is 26.8 Å². The minimum atomic E-state index is -0.363. The van der Waals surface area contributed by atoms with Crippen molar-refractivity contribution in [3.05, 3.63) is 35.6 Å². The number of rotatable bonds is 5. The lowest BCUT2D eigenvalue weighted by Crippen LogP contribution is -2.35. The average molecular weight is 223 g/mol. The van der Waals surface area contributed by atoms with Gasteiger partial charge < -0.3 is 0 Å². The van der Waals surface area contributed by atoms with Crippen LogP contribution < -0.4 is 0 Å². The molecule has 1 aromatic carbocycles. The number of likely N-dealkylation sites (N-methyl/N-ethyl adjacent to an activating group) is 1. The second-order valence-electron chi connectivity index (χ2n) is 4.09. The van der Waals surface area contributed by atoms with Gasteiger partial charge in [0.05, 0.1) is 6.54 Å². The van der Waals surface area contributed by atoms with Gasteiger partial charge in [-0.25, -0.2) is 4.39 Å². The summed E-state index contributed by atoms with van der Waals surface area (Å²) in [6.07, 6.45) is 0. The van der Waals surface area contributed by atoms with Crippen LogP contribution in [0.25, 0.3) is 0 Å². The number of carbonyl (C=O) groups is 1. The van der Waals surface area contributed by atoms with Gasteiger partial charge in [0.1, 0.15) is 5.82 Å². The lowest BCUT2D eigenvalue weighted by atomic mass is 10.1. The van der Waals surface area contributed by atoms with E-state index in [1.165, 1.54) is 12.1 Å². The summed E-state index contributed by atoms with van der Waals surface area (Å²) in [5.41, 5.74) is 0.444. The Kier molecular flexibility index (Phi) is 4.62. The molecule has 2 nitrogen and oxygen atoms in total. The third kappa shape index (κ3) is 3.42. The maximum atomic E-state index is 12.9. The van der Waals surface area contributed by atoms with Gasteiger partial charge in [-0.15, -0.1) is 0 Å². The maximum Gasteiger partial charge on any atom is 0.176 e. The highest BCUT2D eigenvalue weighted by Gasteiger charge is 2.13. The minimum Gasteiger partial charge on any atom is -0.294 e. The molecule has 0 bridgehead atoms. The van der Waals surface area contributed by atoms with Crippen molar-refractivity contribution in [3.8, 4) is 0 Å². The summed E-state index contributed by atoms with van der Waals surface area (Å²) < 4.78 is 12.9. The van der Waals surface area contributed by atoms with Gasteiger partial charge in [-0.2, -0.15) is 0 Å². The summed E-state index contributed by atoms with van der Waals surface area (Å²) in [5.74, 6) is -0.395. The Labute approximate surface area is 96.1 Å². The Morgan fingerprint density at radius 2 is 2.12 bits per heavy atom. The molecule has 0 aliphatic heterocycles. The molecule has 3 heteroatoms. The van der Waals surface area contributed by atoms with E-state index >= 15 is 0 Å². The summed E-state index contributed by atoms with van der Waals surface area (Å²) in [6, 6.07) is 6.17. The highest BCUT2D eigenvalue weighted by molar-refractivity contribution is 5.97. The maximum absolute atomic E-state index is 12.9. The molecule has 0 amide bonds. The molecular formula is C13H18FNO. The summed E-state index contributed by atoms with van der Waals surface area (Å²) in [7, 11) is 0. The second kappa shape index (κ2) is 5.75. The SMILES string of the molecule is CCN(CC(=O)c1cccc(F)c1)C(C)C. The predicted molar refractivity (Wildman–Crippen MR) is 63.1 cm³/mol. The summed E-state index contributed by atoms with van der Waals surface area (Å²) in [5, 5.41) is 0. The number of Topliss-reactive ketones (excluding diaryl/α,β-unsaturated/α-hetero) is 1. The van der Waals surface area contributed by atoms with Crippen molar-refractivity contribution in [1.82, 2.24) is 4.90 Å². The Balaban J connectivity index is 2.72. The fourth-order valence-electron chi connectivity index (χ4n) is 1.60. The molecular weight excluding hydrogens is 205 g/mol. The average Bonchev–Trinajstić information content (AvgIpc) is 2.25. The van der Waals surface area contributed by atoms with Crippen molar-refractivity contribution in [3.63, 3.8) is 0 Å². The molecule has 0 aliphatic rings. The van der Waals surface area contributed by atoms with E-state index < -0.39 is 0 Å². The quantitative estimate of drug-likeness (QED) is 0.715. The Bertz CT molecular complexity index is 363. The van der Waals surface area contributed by atoms with Crippen molar-refractivity contribution < 1.29 is 9.18 Å². The summed E-state index contributed by atoms with van der Waals surface area (Å²) >= 11 is 0. The zero-order valence-corrected chi connectivity index (χ0v) is 10.0. The first kappa shape index (κ1) is 12.8. The van der Waals surface area contributed by atoms with Crippen LogP contribution in [0.4, 0.5) is 4.39 Å². The van der Waals surface area contributed by atoms with E-state index in [0.717, 1.165) is 6.54 Å². The van der Waals surface area contributed by atoms with Gasteiger partial charge in [-0.1, -0.05) is 19.1 Å². The van der Waals surface area contributed by atoms with Crippen LogP contribution in [0.1, 0.15) is 31.1 Å². The first-order valence-electron chi connectivity index (χ1n) is 5.57. The lowest BCUT2D eigenvalue weighted by molar-refractivity contribution is 0.0911. The zero-order chi connectivity index (χ0) is 12.1. The highest BCUT2D eigenvalue weighted by Crippen LogP contribution is 2.07. The molecule has 0 atom stereocenters. The predicted octanol–water partition coefficient (Wildman–Crippen LogP) is 2.74. The number of nitrogens with zero attached hydrogens (tertiary/aromatic N) is 1. The third-order valence-electron chi connectivity index (χ3n) is 2.63.